The quantitative estimate of drug-likeness (QED) is 0.124. The summed E-state index contributed by atoms with van der Waals surface area (Å²) >= 11 is 0. The van der Waals surface area contributed by atoms with Crippen molar-refractivity contribution >= 4 is 21.6 Å². The maximum absolute atomic E-state index is 12.2. The number of H-pyrrole nitrogens is 1. The molecule has 2 fully saturated rings. The highest BCUT2D eigenvalue weighted by molar-refractivity contribution is 7.61. The number of carbonyl (C=O) groups is 1. The number of nitrogens with zero attached hydrogens (tertiary/aromatic N) is 1. The van der Waals surface area contributed by atoms with Crippen molar-refractivity contribution < 1.29 is 77.2 Å². The van der Waals surface area contributed by atoms with Crippen LogP contribution in [0.3, 0.4) is 0 Å². The molecule has 1 aromatic rings. The molecule has 37 heavy (non-hydrogen) atoms. The number of aliphatic hydroxyl groups excluding tert-OH is 5. The van der Waals surface area contributed by atoms with Crippen LogP contribution in [-0.4, -0.2) is 112 Å². The van der Waals surface area contributed by atoms with Crippen LogP contribution in [0.2, 0.25) is 0 Å². The van der Waals surface area contributed by atoms with Crippen molar-refractivity contribution in [3.63, 3.8) is 0 Å². The van der Waals surface area contributed by atoms with Crippen molar-refractivity contribution in [2.45, 2.75) is 55.2 Å². The molecule has 9 N–H and O–H groups in total. The molecule has 3 heterocycles. The summed E-state index contributed by atoms with van der Waals surface area (Å²) < 4.78 is 47.6. The average molecular weight is 580 g/mol. The number of hydrogen-bond donors (Lipinski definition) is 9. The van der Waals surface area contributed by atoms with Gasteiger partial charge in [0.15, 0.2) is 18.6 Å². The Balaban J connectivity index is 1.63. The molecule has 0 spiro atoms. The number of ether oxygens (including phenoxy) is 2. The van der Waals surface area contributed by atoms with Crippen LogP contribution in [0.5, 0.6) is 0 Å². The summed E-state index contributed by atoms with van der Waals surface area (Å²) in [5, 5.41) is 58.3. The van der Waals surface area contributed by atoms with Gasteiger partial charge in [0.05, 0.1) is 6.61 Å². The van der Waals surface area contributed by atoms with E-state index >= 15 is 0 Å². The number of aliphatic carboxylic acids is 1. The molecule has 0 saturated carbocycles. The lowest BCUT2D eigenvalue weighted by atomic mass is 9.99. The standard InChI is InChI=1S/C15H22N2O18P2/c18-5-1-2-17(15(26)16-5)12-9(22)6(19)4(32-12)3-31-36(27,28)35-37(29,30)34-14-10(23)7(20)8(21)11(33-14)13(24)25/h1-2,4,6-12,14,19-23H,3H2,(H,24,25)(H,27,28)(H,29,30)(H,16,18,26)/t4-,6+,7-,8-,9+,10+,11-,12-,14+/m0/s1. The number of phosphoric ester groups is 2. The molecule has 2 aliphatic heterocycles. The van der Waals surface area contributed by atoms with Gasteiger partial charge in [0.1, 0.15) is 36.6 Å². The third-order valence-electron chi connectivity index (χ3n) is 5.12. The normalized spacial score (nSPS) is 37.5. The summed E-state index contributed by atoms with van der Waals surface area (Å²) in [5.74, 6) is -1.85. The van der Waals surface area contributed by atoms with Gasteiger partial charge in [0, 0.05) is 12.3 Å². The lowest BCUT2D eigenvalue weighted by Crippen LogP contribution is -2.60. The largest absolute Gasteiger partial charge is 0.483 e. The summed E-state index contributed by atoms with van der Waals surface area (Å²) in [6, 6.07) is 0.910. The number of aliphatic hydroxyl groups is 5. The Bertz CT molecular complexity index is 1200. The zero-order valence-corrected chi connectivity index (χ0v) is 19.8. The van der Waals surface area contributed by atoms with E-state index in [0.29, 0.717) is 4.57 Å². The van der Waals surface area contributed by atoms with E-state index in [9.17, 15) is 58.8 Å². The third kappa shape index (κ3) is 6.77. The summed E-state index contributed by atoms with van der Waals surface area (Å²) in [6.45, 7) is -1.07. The number of carboxylic acid groups (broad SMARTS) is 1. The SMILES string of the molecule is O=C(O)[C@H]1O[C@H](OP(=O)(O)OP(=O)(O)OC[C@@H]2O[C@H](n3ccc(=O)[nH]c3=O)[C@H](O)[C@@H]2O)[C@H](O)[C@@H](O)[C@@H]1O. The minimum Gasteiger partial charge on any atom is -0.479 e. The van der Waals surface area contributed by atoms with E-state index in [0.717, 1.165) is 12.3 Å². The Kier molecular flexibility index (Phi) is 8.89. The molecule has 0 bridgehead atoms. The number of aromatic nitrogens is 2. The van der Waals surface area contributed by atoms with E-state index in [2.05, 4.69) is 18.1 Å². The highest BCUT2D eigenvalue weighted by Gasteiger charge is 2.51. The van der Waals surface area contributed by atoms with Crippen LogP contribution in [0.25, 0.3) is 0 Å². The summed E-state index contributed by atoms with van der Waals surface area (Å²) in [5.41, 5.74) is -1.78. The number of phosphoric acid groups is 2. The van der Waals surface area contributed by atoms with Crippen molar-refractivity contribution in [3.8, 4) is 0 Å². The fraction of sp³-hybridized carbons (Fsp3) is 0.667. The molecule has 210 valence electrons. The lowest BCUT2D eigenvalue weighted by molar-refractivity contribution is -0.274. The highest BCUT2D eigenvalue weighted by atomic mass is 31.3. The van der Waals surface area contributed by atoms with Gasteiger partial charge in [0.25, 0.3) is 5.56 Å². The minimum absolute atomic E-state index is 0.700. The number of carboxylic acids is 1. The van der Waals surface area contributed by atoms with Crippen molar-refractivity contribution in [1.29, 1.82) is 0 Å². The predicted molar refractivity (Wildman–Crippen MR) is 109 cm³/mol. The van der Waals surface area contributed by atoms with Gasteiger partial charge in [-0.15, -0.1) is 0 Å². The number of hydrogen-bond acceptors (Lipinski definition) is 15. The Hall–Kier alpha value is -1.87. The van der Waals surface area contributed by atoms with Gasteiger partial charge in [-0.2, -0.15) is 4.31 Å². The summed E-state index contributed by atoms with van der Waals surface area (Å²) in [7, 11) is -11.3. The lowest BCUT2D eigenvalue weighted by Gasteiger charge is -2.38. The number of aromatic amines is 1. The van der Waals surface area contributed by atoms with Crippen LogP contribution in [0.15, 0.2) is 21.9 Å². The van der Waals surface area contributed by atoms with E-state index in [1.165, 1.54) is 0 Å². The molecule has 0 aromatic carbocycles. The molecule has 11 atom stereocenters. The second-order valence-corrected chi connectivity index (χ2v) is 10.7. The number of rotatable bonds is 9. The summed E-state index contributed by atoms with van der Waals surface area (Å²) in [4.78, 5) is 55.5. The fourth-order valence-electron chi connectivity index (χ4n) is 3.34. The van der Waals surface area contributed by atoms with Crippen molar-refractivity contribution in [1.82, 2.24) is 9.55 Å². The first kappa shape index (κ1) is 29.7. The van der Waals surface area contributed by atoms with Crippen LogP contribution >= 0.6 is 15.6 Å². The second kappa shape index (κ2) is 11.1. The van der Waals surface area contributed by atoms with Gasteiger partial charge in [0.2, 0.25) is 0 Å². The first-order valence-electron chi connectivity index (χ1n) is 9.98. The van der Waals surface area contributed by atoms with Crippen LogP contribution in [0.1, 0.15) is 6.23 Å². The van der Waals surface area contributed by atoms with E-state index in [1.54, 1.807) is 0 Å². The Morgan fingerprint density at radius 2 is 1.62 bits per heavy atom. The van der Waals surface area contributed by atoms with Gasteiger partial charge in [-0.25, -0.2) is 18.7 Å². The first-order chi connectivity index (χ1) is 17.0. The maximum Gasteiger partial charge on any atom is 0.483 e. The van der Waals surface area contributed by atoms with E-state index in [4.69, 9.17) is 9.84 Å². The van der Waals surface area contributed by atoms with E-state index < -0.39 is 94.7 Å². The maximum atomic E-state index is 12.2. The minimum atomic E-state index is -5.72. The van der Waals surface area contributed by atoms with E-state index in [-0.39, 0.29) is 0 Å². The molecule has 0 radical (unpaired) electrons. The highest BCUT2D eigenvalue weighted by Crippen LogP contribution is 2.61. The Labute approximate surface area is 204 Å². The van der Waals surface area contributed by atoms with Crippen LogP contribution in [-0.2, 0) is 36.8 Å². The predicted octanol–water partition coefficient (Wildman–Crippen LogP) is -4.70. The molecule has 20 nitrogen and oxygen atoms in total. The summed E-state index contributed by atoms with van der Waals surface area (Å²) in [6.07, 6.45) is -17.2. The van der Waals surface area contributed by atoms with Crippen molar-refractivity contribution in [3.05, 3.63) is 33.1 Å². The smallest absolute Gasteiger partial charge is 0.479 e. The molecule has 2 saturated heterocycles. The third-order valence-corrected chi connectivity index (χ3v) is 7.72. The van der Waals surface area contributed by atoms with Gasteiger partial charge in [-0.1, -0.05) is 0 Å². The molecule has 2 aliphatic rings. The zero-order chi connectivity index (χ0) is 27.9. The van der Waals surface area contributed by atoms with Gasteiger partial charge in [-0.05, 0) is 0 Å². The Morgan fingerprint density at radius 3 is 2.22 bits per heavy atom. The molecule has 1 aromatic heterocycles. The monoisotopic (exact) mass is 580 g/mol. The molecule has 0 amide bonds. The van der Waals surface area contributed by atoms with Gasteiger partial charge in [-0.3, -0.25) is 23.4 Å². The van der Waals surface area contributed by atoms with Gasteiger partial charge < -0.3 is 49.9 Å². The topological polar surface area (TPSA) is 314 Å². The molecule has 0 aliphatic carbocycles. The van der Waals surface area contributed by atoms with Crippen molar-refractivity contribution in [2.24, 2.45) is 0 Å². The molecular formula is C15H22N2O18P2. The van der Waals surface area contributed by atoms with E-state index in [1.807, 2.05) is 4.98 Å². The zero-order valence-electron chi connectivity index (χ0n) is 18.1. The Morgan fingerprint density at radius 1 is 0.973 bits per heavy atom. The van der Waals surface area contributed by atoms with Crippen LogP contribution in [0, 0.1) is 0 Å². The molecule has 22 heteroatoms. The molecule has 2 unspecified atom stereocenters. The molecule has 3 rings (SSSR count). The van der Waals surface area contributed by atoms with Crippen molar-refractivity contribution in [2.75, 3.05) is 6.61 Å². The first-order valence-corrected chi connectivity index (χ1v) is 13.0. The number of nitrogens with one attached hydrogen (secondary N) is 1. The second-order valence-electron chi connectivity index (χ2n) is 7.72. The molecular weight excluding hydrogens is 558 g/mol. The van der Waals surface area contributed by atoms with Crippen LogP contribution < -0.4 is 11.2 Å². The van der Waals surface area contributed by atoms with Gasteiger partial charge >= 0.3 is 27.3 Å². The average Bonchev–Trinajstić information content (AvgIpc) is 3.05. The van der Waals surface area contributed by atoms with Crippen LogP contribution in [0.4, 0.5) is 0 Å². The fourth-order valence-corrected chi connectivity index (χ4v) is 5.49.